The van der Waals surface area contributed by atoms with Crippen molar-refractivity contribution in [2.24, 2.45) is 0 Å². The highest BCUT2D eigenvalue weighted by Crippen LogP contribution is 2.24. The molecule has 0 unspecified atom stereocenters. The fourth-order valence-electron chi connectivity index (χ4n) is 1.14. The SMILES string of the molecule is Cl.N#Cc1scnc1-c1ccc(F)cc1. The fourth-order valence-corrected chi connectivity index (χ4v) is 1.74. The first kappa shape index (κ1) is 11.6. The van der Waals surface area contributed by atoms with E-state index in [2.05, 4.69) is 11.1 Å². The second-order valence-corrected chi connectivity index (χ2v) is 3.50. The number of benzene rings is 1. The van der Waals surface area contributed by atoms with Crippen LogP contribution in [0.15, 0.2) is 29.8 Å². The molecule has 2 rings (SSSR count). The van der Waals surface area contributed by atoms with E-state index in [1.807, 2.05) is 0 Å². The summed E-state index contributed by atoms with van der Waals surface area (Å²) in [5.41, 5.74) is 3.00. The molecular weight excluding hydrogens is 235 g/mol. The first-order valence-electron chi connectivity index (χ1n) is 3.91. The van der Waals surface area contributed by atoms with Crippen LogP contribution in [-0.2, 0) is 0 Å². The van der Waals surface area contributed by atoms with Crippen molar-refractivity contribution in [3.05, 3.63) is 40.5 Å². The third kappa shape index (κ3) is 2.32. The molecule has 0 N–H and O–H groups in total. The largest absolute Gasteiger partial charge is 0.243 e. The molecule has 0 amide bonds. The normalized spacial score (nSPS) is 9.07. The summed E-state index contributed by atoms with van der Waals surface area (Å²) in [5, 5.41) is 8.77. The second kappa shape index (κ2) is 4.87. The topological polar surface area (TPSA) is 36.7 Å². The van der Waals surface area contributed by atoms with Crippen molar-refractivity contribution < 1.29 is 4.39 Å². The number of rotatable bonds is 1. The second-order valence-electron chi connectivity index (χ2n) is 2.65. The van der Waals surface area contributed by atoms with Crippen LogP contribution in [0.5, 0.6) is 0 Å². The average molecular weight is 241 g/mol. The fraction of sp³-hybridized carbons (Fsp3) is 0. The molecule has 1 aromatic heterocycles. The third-order valence-electron chi connectivity index (χ3n) is 1.79. The lowest BCUT2D eigenvalue weighted by atomic mass is 10.1. The Hall–Kier alpha value is -1.44. The van der Waals surface area contributed by atoms with Gasteiger partial charge in [-0.05, 0) is 24.3 Å². The molecule has 76 valence electrons. The molecule has 0 atom stereocenters. The van der Waals surface area contributed by atoms with Crippen molar-refractivity contribution in [3.63, 3.8) is 0 Å². The molecule has 0 saturated carbocycles. The quantitative estimate of drug-likeness (QED) is 0.767. The predicted octanol–water partition coefficient (Wildman–Crippen LogP) is 3.24. The van der Waals surface area contributed by atoms with Gasteiger partial charge in [0.25, 0.3) is 0 Å². The van der Waals surface area contributed by atoms with Crippen LogP contribution in [0.3, 0.4) is 0 Å². The number of thiazole rings is 1. The Bertz CT molecular complexity index is 487. The van der Waals surface area contributed by atoms with Crippen LogP contribution in [0.25, 0.3) is 11.3 Å². The van der Waals surface area contributed by atoms with E-state index in [0.717, 1.165) is 5.56 Å². The minimum Gasteiger partial charge on any atom is -0.243 e. The van der Waals surface area contributed by atoms with E-state index in [1.54, 1.807) is 17.6 Å². The van der Waals surface area contributed by atoms with Crippen molar-refractivity contribution in [2.45, 2.75) is 0 Å². The van der Waals surface area contributed by atoms with Crippen LogP contribution in [-0.4, -0.2) is 4.98 Å². The Balaban J connectivity index is 0.00000112. The van der Waals surface area contributed by atoms with Gasteiger partial charge >= 0.3 is 0 Å². The van der Waals surface area contributed by atoms with Gasteiger partial charge < -0.3 is 0 Å². The summed E-state index contributed by atoms with van der Waals surface area (Å²) in [5.74, 6) is -0.289. The molecule has 15 heavy (non-hydrogen) atoms. The van der Waals surface area contributed by atoms with E-state index in [-0.39, 0.29) is 18.2 Å². The minimum absolute atomic E-state index is 0. The van der Waals surface area contributed by atoms with Gasteiger partial charge in [-0.2, -0.15) is 5.26 Å². The van der Waals surface area contributed by atoms with E-state index >= 15 is 0 Å². The molecule has 0 saturated heterocycles. The van der Waals surface area contributed by atoms with Crippen LogP contribution < -0.4 is 0 Å². The molecule has 0 spiro atoms. The van der Waals surface area contributed by atoms with Crippen molar-refractivity contribution >= 4 is 23.7 Å². The molecule has 2 nitrogen and oxygen atoms in total. The van der Waals surface area contributed by atoms with Gasteiger partial charge in [0.2, 0.25) is 0 Å². The summed E-state index contributed by atoms with van der Waals surface area (Å²) < 4.78 is 12.6. The summed E-state index contributed by atoms with van der Waals surface area (Å²) in [6.07, 6.45) is 0. The first-order chi connectivity index (χ1) is 6.81. The summed E-state index contributed by atoms with van der Waals surface area (Å²) in [6, 6.07) is 8.00. The maximum Gasteiger partial charge on any atom is 0.132 e. The molecule has 0 fully saturated rings. The van der Waals surface area contributed by atoms with E-state index < -0.39 is 0 Å². The Labute approximate surface area is 96.4 Å². The van der Waals surface area contributed by atoms with Gasteiger partial charge in [0.1, 0.15) is 16.8 Å². The van der Waals surface area contributed by atoms with Crippen LogP contribution in [0.1, 0.15) is 4.88 Å². The van der Waals surface area contributed by atoms with Crippen LogP contribution in [0, 0.1) is 17.1 Å². The van der Waals surface area contributed by atoms with Gasteiger partial charge in [0.05, 0.1) is 11.2 Å². The maximum absolute atomic E-state index is 12.6. The zero-order chi connectivity index (χ0) is 9.97. The van der Waals surface area contributed by atoms with Gasteiger partial charge in [0, 0.05) is 5.56 Å². The summed E-state index contributed by atoms with van der Waals surface area (Å²) in [7, 11) is 0. The van der Waals surface area contributed by atoms with Crippen LogP contribution in [0.2, 0.25) is 0 Å². The average Bonchev–Trinajstić information content (AvgIpc) is 2.67. The lowest BCUT2D eigenvalue weighted by molar-refractivity contribution is 0.628. The van der Waals surface area contributed by atoms with Gasteiger partial charge in [-0.15, -0.1) is 23.7 Å². The number of nitrogens with zero attached hydrogens (tertiary/aromatic N) is 2. The Kier molecular flexibility index (Phi) is 3.78. The zero-order valence-corrected chi connectivity index (χ0v) is 9.11. The molecule has 5 heteroatoms. The van der Waals surface area contributed by atoms with Gasteiger partial charge in [0.15, 0.2) is 0 Å². The predicted molar refractivity (Wildman–Crippen MR) is 59.5 cm³/mol. The number of nitriles is 1. The highest BCUT2D eigenvalue weighted by atomic mass is 35.5. The van der Waals surface area contributed by atoms with Crippen molar-refractivity contribution in [2.75, 3.05) is 0 Å². The smallest absolute Gasteiger partial charge is 0.132 e. The first-order valence-corrected chi connectivity index (χ1v) is 4.79. The zero-order valence-electron chi connectivity index (χ0n) is 7.48. The Morgan fingerprint density at radius 3 is 2.53 bits per heavy atom. The summed E-state index contributed by atoms with van der Waals surface area (Å²) in [6.45, 7) is 0. The lowest BCUT2D eigenvalue weighted by Gasteiger charge is -1.96. The highest BCUT2D eigenvalue weighted by molar-refractivity contribution is 7.10. The molecule has 0 aliphatic carbocycles. The third-order valence-corrected chi connectivity index (χ3v) is 2.52. The standard InChI is InChI=1S/C10H5FN2S.ClH/c11-8-3-1-7(2-4-8)10-9(5-12)14-6-13-10;/h1-4,6H;1H. The molecule has 1 aromatic carbocycles. The van der Waals surface area contributed by atoms with Crippen molar-refractivity contribution in [1.82, 2.24) is 4.98 Å². The lowest BCUT2D eigenvalue weighted by Crippen LogP contribution is -1.81. The Morgan fingerprint density at radius 2 is 1.93 bits per heavy atom. The van der Waals surface area contributed by atoms with Gasteiger partial charge in [-0.25, -0.2) is 9.37 Å². The van der Waals surface area contributed by atoms with E-state index in [4.69, 9.17) is 5.26 Å². The minimum atomic E-state index is -0.289. The summed E-state index contributed by atoms with van der Waals surface area (Å²) in [4.78, 5) is 4.61. The molecular formula is C10H6ClFN2S. The van der Waals surface area contributed by atoms with Crippen molar-refractivity contribution in [3.8, 4) is 17.3 Å². The monoisotopic (exact) mass is 240 g/mol. The number of halogens is 2. The highest BCUT2D eigenvalue weighted by Gasteiger charge is 2.07. The number of hydrogen-bond donors (Lipinski definition) is 0. The number of aromatic nitrogens is 1. The van der Waals surface area contributed by atoms with Crippen LogP contribution in [0.4, 0.5) is 4.39 Å². The molecule has 0 aliphatic rings. The van der Waals surface area contributed by atoms with E-state index in [1.165, 1.54) is 23.5 Å². The van der Waals surface area contributed by atoms with Gasteiger partial charge in [-0.3, -0.25) is 0 Å². The number of hydrogen-bond acceptors (Lipinski definition) is 3. The van der Waals surface area contributed by atoms with Gasteiger partial charge in [-0.1, -0.05) is 0 Å². The van der Waals surface area contributed by atoms with E-state index in [0.29, 0.717) is 10.6 Å². The maximum atomic E-state index is 12.6. The van der Waals surface area contributed by atoms with Crippen LogP contribution >= 0.6 is 23.7 Å². The Morgan fingerprint density at radius 1 is 1.27 bits per heavy atom. The molecule has 2 aromatic rings. The molecule has 0 aliphatic heterocycles. The van der Waals surface area contributed by atoms with E-state index in [9.17, 15) is 4.39 Å². The summed E-state index contributed by atoms with van der Waals surface area (Å²) >= 11 is 1.28. The molecule has 0 radical (unpaired) electrons. The molecule has 1 heterocycles. The molecule has 0 bridgehead atoms. The van der Waals surface area contributed by atoms with Crippen molar-refractivity contribution in [1.29, 1.82) is 5.26 Å².